The third kappa shape index (κ3) is 5.45. The smallest absolute Gasteiger partial charge is 0.321 e. The van der Waals surface area contributed by atoms with Crippen molar-refractivity contribution in [3.63, 3.8) is 0 Å². The minimum absolute atomic E-state index is 0.00121. The van der Waals surface area contributed by atoms with Crippen LogP contribution >= 0.6 is 0 Å². The van der Waals surface area contributed by atoms with Crippen molar-refractivity contribution in [2.75, 3.05) is 31.5 Å². The molecule has 0 aliphatic carbocycles. The lowest BCUT2D eigenvalue weighted by molar-refractivity contribution is -0.131. The Hall–Kier alpha value is -2.08. The van der Waals surface area contributed by atoms with Gasteiger partial charge in [0.1, 0.15) is 0 Å². The molecule has 0 unspecified atom stereocenters. The first-order valence-corrected chi connectivity index (χ1v) is 10.2. The van der Waals surface area contributed by atoms with Crippen molar-refractivity contribution in [2.45, 2.75) is 51.9 Å². The monoisotopic (exact) mass is 372 g/mol. The van der Waals surface area contributed by atoms with E-state index < -0.39 is 0 Å². The van der Waals surface area contributed by atoms with Crippen LogP contribution in [0.15, 0.2) is 24.3 Å². The van der Waals surface area contributed by atoms with Crippen molar-refractivity contribution in [2.24, 2.45) is 5.92 Å². The number of hydrazine groups is 1. The first-order valence-electron chi connectivity index (χ1n) is 10.2. The van der Waals surface area contributed by atoms with E-state index in [-0.39, 0.29) is 17.9 Å². The molecule has 0 bridgehead atoms. The Kier molecular flexibility index (Phi) is 6.72. The summed E-state index contributed by atoms with van der Waals surface area (Å²) in [6.07, 6.45) is 4.99. The molecule has 0 aromatic heterocycles. The van der Waals surface area contributed by atoms with Gasteiger partial charge in [-0.05, 0) is 49.3 Å². The summed E-state index contributed by atoms with van der Waals surface area (Å²) >= 11 is 0. The molecular weight excluding hydrogens is 340 g/mol. The van der Waals surface area contributed by atoms with Gasteiger partial charge in [-0.1, -0.05) is 32.4 Å². The van der Waals surface area contributed by atoms with E-state index in [1.807, 2.05) is 17.1 Å². The summed E-state index contributed by atoms with van der Waals surface area (Å²) in [7, 11) is 0. The second kappa shape index (κ2) is 9.22. The number of hydrogen-bond acceptors (Lipinski definition) is 3. The van der Waals surface area contributed by atoms with Gasteiger partial charge in [-0.15, -0.1) is 0 Å². The van der Waals surface area contributed by atoms with Gasteiger partial charge in [0.25, 0.3) is 0 Å². The molecule has 6 heteroatoms. The number of nitrogens with one attached hydrogen (secondary N) is 2. The maximum atomic E-state index is 12.5. The van der Waals surface area contributed by atoms with Crippen molar-refractivity contribution in [3.05, 3.63) is 29.8 Å². The van der Waals surface area contributed by atoms with Crippen LogP contribution in [0.3, 0.4) is 0 Å². The lowest BCUT2D eigenvalue weighted by atomic mass is 9.96. The SMILES string of the molecule is CC(C)c1ccc(NC(=O)N2CCC(C(=O)NN3CCCCC3)CC2)cc1. The number of amides is 3. The minimum atomic E-state index is -0.0813. The number of piperidine rings is 2. The summed E-state index contributed by atoms with van der Waals surface area (Å²) in [5.74, 6) is 0.590. The predicted molar refractivity (Wildman–Crippen MR) is 107 cm³/mol. The van der Waals surface area contributed by atoms with Crippen LogP contribution in [0.25, 0.3) is 0 Å². The first kappa shape index (κ1) is 19.7. The molecule has 0 saturated carbocycles. The topological polar surface area (TPSA) is 64.7 Å². The lowest BCUT2D eigenvalue weighted by Gasteiger charge is -2.33. The van der Waals surface area contributed by atoms with Crippen LogP contribution < -0.4 is 10.7 Å². The Morgan fingerprint density at radius 3 is 2.19 bits per heavy atom. The molecule has 0 atom stereocenters. The van der Waals surface area contributed by atoms with Gasteiger partial charge in [-0.2, -0.15) is 0 Å². The summed E-state index contributed by atoms with van der Waals surface area (Å²) in [5, 5.41) is 5.01. The Balaban J connectivity index is 1.43. The third-order valence-electron chi connectivity index (χ3n) is 5.61. The normalized spacial score (nSPS) is 19.1. The molecular formula is C21H32N4O2. The van der Waals surface area contributed by atoms with Crippen LogP contribution in [0, 0.1) is 5.92 Å². The highest BCUT2D eigenvalue weighted by atomic mass is 16.2. The Bertz CT molecular complexity index is 630. The molecule has 2 N–H and O–H groups in total. The van der Waals surface area contributed by atoms with Crippen LogP contribution in [-0.2, 0) is 4.79 Å². The van der Waals surface area contributed by atoms with E-state index in [9.17, 15) is 9.59 Å². The third-order valence-corrected chi connectivity index (χ3v) is 5.61. The van der Waals surface area contributed by atoms with Crippen molar-refractivity contribution in [1.82, 2.24) is 15.3 Å². The van der Waals surface area contributed by atoms with Crippen molar-refractivity contribution in [1.29, 1.82) is 0 Å². The van der Waals surface area contributed by atoms with E-state index in [0.717, 1.165) is 44.5 Å². The molecule has 2 aliphatic rings. The highest BCUT2D eigenvalue weighted by Crippen LogP contribution is 2.20. The van der Waals surface area contributed by atoms with Gasteiger partial charge in [-0.25, -0.2) is 9.80 Å². The van der Waals surface area contributed by atoms with E-state index in [0.29, 0.717) is 19.0 Å². The number of nitrogens with zero attached hydrogens (tertiary/aromatic N) is 2. The van der Waals surface area contributed by atoms with Crippen LogP contribution in [0.1, 0.15) is 57.4 Å². The largest absolute Gasteiger partial charge is 0.324 e. The maximum Gasteiger partial charge on any atom is 0.321 e. The number of rotatable bonds is 4. The second-order valence-electron chi connectivity index (χ2n) is 7.99. The number of hydrogen-bond donors (Lipinski definition) is 2. The maximum absolute atomic E-state index is 12.5. The minimum Gasteiger partial charge on any atom is -0.324 e. The van der Waals surface area contributed by atoms with E-state index in [4.69, 9.17) is 0 Å². The van der Waals surface area contributed by atoms with Crippen molar-refractivity contribution in [3.8, 4) is 0 Å². The fourth-order valence-electron chi connectivity index (χ4n) is 3.75. The number of urea groups is 1. The second-order valence-corrected chi connectivity index (χ2v) is 7.99. The lowest BCUT2D eigenvalue weighted by Crippen LogP contribution is -2.50. The fourth-order valence-corrected chi connectivity index (χ4v) is 3.75. The summed E-state index contributed by atoms with van der Waals surface area (Å²) in [6.45, 7) is 7.44. The average molecular weight is 373 g/mol. The highest BCUT2D eigenvalue weighted by Gasteiger charge is 2.28. The van der Waals surface area contributed by atoms with Crippen LogP contribution in [0.2, 0.25) is 0 Å². The molecule has 1 aromatic rings. The number of benzene rings is 1. The zero-order valence-electron chi connectivity index (χ0n) is 16.5. The molecule has 0 radical (unpaired) electrons. The molecule has 6 nitrogen and oxygen atoms in total. The van der Waals surface area contributed by atoms with Crippen LogP contribution in [-0.4, -0.2) is 48.0 Å². The predicted octanol–water partition coefficient (Wildman–Crippen LogP) is 3.57. The summed E-state index contributed by atoms with van der Waals surface area (Å²) < 4.78 is 0. The molecule has 2 heterocycles. The van der Waals surface area contributed by atoms with Crippen molar-refractivity contribution >= 4 is 17.6 Å². The van der Waals surface area contributed by atoms with Gasteiger partial charge >= 0.3 is 6.03 Å². The zero-order chi connectivity index (χ0) is 19.2. The van der Waals surface area contributed by atoms with Gasteiger partial charge < -0.3 is 10.2 Å². The molecule has 2 saturated heterocycles. The molecule has 27 heavy (non-hydrogen) atoms. The number of anilines is 1. The molecule has 0 spiro atoms. The summed E-state index contributed by atoms with van der Waals surface area (Å²) in [6, 6.07) is 7.93. The molecule has 3 amide bonds. The van der Waals surface area contributed by atoms with Crippen LogP contribution in [0.5, 0.6) is 0 Å². The Morgan fingerprint density at radius 1 is 0.963 bits per heavy atom. The van der Waals surface area contributed by atoms with Gasteiger partial charge in [-0.3, -0.25) is 10.2 Å². The molecule has 2 fully saturated rings. The average Bonchev–Trinajstić information content (AvgIpc) is 2.69. The number of carbonyl (C=O) groups is 2. The highest BCUT2D eigenvalue weighted by molar-refractivity contribution is 5.89. The van der Waals surface area contributed by atoms with Gasteiger partial charge in [0.05, 0.1) is 0 Å². The number of likely N-dealkylation sites (tertiary alicyclic amines) is 1. The summed E-state index contributed by atoms with van der Waals surface area (Å²) in [5.41, 5.74) is 5.13. The molecule has 2 aliphatic heterocycles. The fraction of sp³-hybridized carbons (Fsp3) is 0.619. The van der Waals surface area contributed by atoms with E-state index in [2.05, 4.69) is 36.7 Å². The van der Waals surface area contributed by atoms with Crippen molar-refractivity contribution < 1.29 is 9.59 Å². The van der Waals surface area contributed by atoms with Gasteiger partial charge in [0.2, 0.25) is 5.91 Å². The van der Waals surface area contributed by atoms with Gasteiger partial charge in [0, 0.05) is 37.8 Å². The number of carbonyl (C=O) groups excluding carboxylic acids is 2. The van der Waals surface area contributed by atoms with E-state index in [1.165, 1.54) is 12.0 Å². The Labute approximate surface area is 162 Å². The standard InChI is InChI=1S/C21H32N4O2/c1-16(2)17-6-8-19(9-7-17)22-21(27)24-14-10-18(11-15-24)20(26)23-25-12-4-3-5-13-25/h6-9,16,18H,3-5,10-15H2,1-2H3,(H,22,27)(H,23,26). The zero-order valence-corrected chi connectivity index (χ0v) is 16.5. The molecule has 148 valence electrons. The quantitative estimate of drug-likeness (QED) is 0.849. The van der Waals surface area contributed by atoms with Crippen LogP contribution in [0.4, 0.5) is 10.5 Å². The van der Waals surface area contributed by atoms with E-state index >= 15 is 0 Å². The molecule has 3 rings (SSSR count). The van der Waals surface area contributed by atoms with E-state index in [1.54, 1.807) is 4.90 Å². The first-order chi connectivity index (χ1) is 13.0. The molecule has 1 aromatic carbocycles. The van der Waals surface area contributed by atoms with Gasteiger partial charge in [0.15, 0.2) is 0 Å². The Morgan fingerprint density at radius 2 is 1.59 bits per heavy atom. The summed E-state index contributed by atoms with van der Waals surface area (Å²) in [4.78, 5) is 26.7.